The third-order valence-corrected chi connectivity index (χ3v) is 2.87. The Labute approximate surface area is 100 Å². The van der Waals surface area contributed by atoms with E-state index in [9.17, 15) is 8.78 Å². The summed E-state index contributed by atoms with van der Waals surface area (Å²) in [7, 11) is 1.66. The van der Waals surface area contributed by atoms with Crippen molar-refractivity contribution in [3.8, 4) is 6.07 Å². The van der Waals surface area contributed by atoms with Gasteiger partial charge in [0.2, 0.25) is 0 Å². The van der Waals surface area contributed by atoms with Crippen LogP contribution in [0.5, 0.6) is 0 Å². The number of hydrogen-bond donors (Lipinski definition) is 0. The quantitative estimate of drug-likeness (QED) is 0.803. The topological polar surface area (TPSA) is 27.0 Å². The zero-order valence-electron chi connectivity index (χ0n) is 10.3. The second-order valence-corrected chi connectivity index (χ2v) is 4.15. The summed E-state index contributed by atoms with van der Waals surface area (Å²) in [6, 6.07) is 3.91. The van der Waals surface area contributed by atoms with Crippen molar-refractivity contribution in [1.29, 1.82) is 5.26 Å². The Morgan fingerprint density at radius 3 is 2.29 bits per heavy atom. The van der Waals surface area contributed by atoms with E-state index < -0.39 is 11.6 Å². The van der Waals surface area contributed by atoms with Crippen LogP contribution in [-0.4, -0.2) is 13.1 Å². The highest BCUT2D eigenvalue weighted by atomic mass is 19.1. The number of rotatable bonds is 4. The molecule has 0 saturated carbocycles. The van der Waals surface area contributed by atoms with Crippen LogP contribution in [0.2, 0.25) is 0 Å². The molecule has 0 saturated heterocycles. The number of nitrogens with zero attached hydrogens (tertiary/aromatic N) is 2. The molecule has 0 radical (unpaired) electrons. The molecule has 1 unspecified atom stereocenters. The van der Waals surface area contributed by atoms with Gasteiger partial charge in [-0.3, -0.25) is 0 Å². The van der Waals surface area contributed by atoms with Gasteiger partial charge in [-0.2, -0.15) is 5.26 Å². The Bertz CT molecular complexity index is 415. The summed E-state index contributed by atoms with van der Waals surface area (Å²) in [6.07, 6.45) is 1.81. The van der Waals surface area contributed by atoms with Gasteiger partial charge in [-0.25, -0.2) is 8.78 Å². The Morgan fingerprint density at radius 2 is 1.88 bits per heavy atom. The SMILES string of the molecule is CCCC(C)N(C)c1c(F)cc(C#N)cc1F. The van der Waals surface area contributed by atoms with Gasteiger partial charge in [-0.1, -0.05) is 13.3 Å². The van der Waals surface area contributed by atoms with Crippen molar-refractivity contribution in [3.05, 3.63) is 29.3 Å². The van der Waals surface area contributed by atoms with Crippen LogP contribution in [0.1, 0.15) is 32.3 Å². The molecule has 92 valence electrons. The van der Waals surface area contributed by atoms with Crippen LogP contribution >= 0.6 is 0 Å². The lowest BCUT2D eigenvalue weighted by Gasteiger charge is -2.27. The van der Waals surface area contributed by atoms with Crippen molar-refractivity contribution in [1.82, 2.24) is 0 Å². The molecule has 17 heavy (non-hydrogen) atoms. The summed E-state index contributed by atoms with van der Waals surface area (Å²) in [5.41, 5.74) is -0.0646. The number of nitriles is 1. The van der Waals surface area contributed by atoms with Gasteiger partial charge in [0.05, 0.1) is 11.6 Å². The molecule has 0 fully saturated rings. The summed E-state index contributed by atoms with van der Waals surface area (Å²) in [5.74, 6) is -1.38. The van der Waals surface area contributed by atoms with Crippen molar-refractivity contribution in [3.63, 3.8) is 0 Å². The normalized spacial score (nSPS) is 12.0. The van der Waals surface area contributed by atoms with E-state index in [1.807, 2.05) is 13.8 Å². The fourth-order valence-electron chi connectivity index (χ4n) is 1.80. The van der Waals surface area contributed by atoms with E-state index in [1.165, 1.54) is 0 Å². The highest BCUT2D eigenvalue weighted by Gasteiger charge is 2.18. The lowest BCUT2D eigenvalue weighted by molar-refractivity contribution is 0.547. The minimum absolute atomic E-state index is 0.000273. The average molecular weight is 238 g/mol. The molecule has 0 aromatic heterocycles. The van der Waals surface area contributed by atoms with Gasteiger partial charge in [0.15, 0.2) is 11.6 Å². The summed E-state index contributed by atoms with van der Waals surface area (Å²) in [6.45, 7) is 3.94. The second-order valence-electron chi connectivity index (χ2n) is 4.15. The van der Waals surface area contributed by atoms with E-state index in [2.05, 4.69) is 0 Å². The molecule has 1 rings (SSSR count). The third-order valence-electron chi connectivity index (χ3n) is 2.87. The minimum Gasteiger partial charge on any atom is -0.367 e. The largest absolute Gasteiger partial charge is 0.367 e. The smallest absolute Gasteiger partial charge is 0.150 e. The zero-order chi connectivity index (χ0) is 13.0. The standard InChI is InChI=1S/C13H16F2N2/c1-4-5-9(2)17(3)13-11(14)6-10(8-16)7-12(13)15/h6-7,9H,4-5H2,1-3H3. The molecule has 0 heterocycles. The number of benzene rings is 1. The van der Waals surface area contributed by atoms with Crippen LogP contribution in [0.25, 0.3) is 0 Å². The van der Waals surface area contributed by atoms with E-state index in [-0.39, 0.29) is 17.3 Å². The molecule has 0 bridgehead atoms. The molecule has 4 heteroatoms. The fraction of sp³-hybridized carbons (Fsp3) is 0.462. The van der Waals surface area contributed by atoms with E-state index >= 15 is 0 Å². The number of anilines is 1. The van der Waals surface area contributed by atoms with Crippen LogP contribution in [0.15, 0.2) is 12.1 Å². The lowest BCUT2D eigenvalue weighted by atomic mass is 10.1. The lowest BCUT2D eigenvalue weighted by Crippen LogP contribution is -2.30. The summed E-state index contributed by atoms with van der Waals surface area (Å²) in [4.78, 5) is 1.58. The molecule has 1 atom stereocenters. The van der Waals surface area contributed by atoms with Gasteiger partial charge in [0.25, 0.3) is 0 Å². The van der Waals surface area contributed by atoms with Crippen molar-refractivity contribution in [2.24, 2.45) is 0 Å². The average Bonchev–Trinajstić information content (AvgIpc) is 2.28. The van der Waals surface area contributed by atoms with Crippen LogP contribution in [0, 0.1) is 23.0 Å². The Morgan fingerprint density at radius 1 is 1.35 bits per heavy atom. The first-order valence-electron chi connectivity index (χ1n) is 5.63. The monoisotopic (exact) mass is 238 g/mol. The van der Waals surface area contributed by atoms with Crippen LogP contribution in [-0.2, 0) is 0 Å². The van der Waals surface area contributed by atoms with Crippen LogP contribution < -0.4 is 4.90 Å². The highest BCUT2D eigenvalue weighted by molar-refractivity contribution is 5.52. The van der Waals surface area contributed by atoms with Gasteiger partial charge >= 0.3 is 0 Å². The molecule has 1 aromatic rings. The second kappa shape index (κ2) is 5.62. The molecule has 0 aliphatic heterocycles. The van der Waals surface area contributed by atoms with E-state index in [0.29, 0.717) is 0 Å². The predicted octanol–water partition coefficient (Wildman–Crippen LogP) is 3.46. The predicted molar refractivity (Wildman–Crippen MR) is 63.8 cm³/mol. The Kier molecular flexibility index (Phi) is 4.45. The van der Waals surface area contributed by atoms with Gasteiger partial charge in [0, 0.05) is 13.1 Å². The highest BCUT2D eigenvalue weighted by Crippen LogP contribution is 2.26. The molecule has 2 nitrogen and oxygen atoms in total. The van der Waals surface area contributed by atoms with Crippen molar-refractivity contribution in [2.45, 2.75) is 32.7 Å². The third kappa shape index (κ3) is 2.94. The van der Waals surface area contributed by atoms with E-state index in [1.54, 1.807) is 18.0 Å². The first-order valence-corrected chi connectivity index (χ1v) is 5.63. The Balaban J connectivity index is 3.10. The summed E-state index contributed by atoms with van der Waals surface area (Å²) < 4.78 is 27.4. The van der Waals surface area contributed by atoms with E-state index in [4.69, 9.17) is 5.26 Å². The van der Waals surface area contributed by atoms with Crippen molar-refractivity contribution in [2.75, 3.05) is 11.9 Å². The van der Waals surface area contributed by atoms with Crippen molar-refractivity contribution < 1.29 is 8.78 Å². The molecule has 0 N–H and O–H groups in total. The van der Waals surface area contributed by atoms with Crippen molar-refractivity contribution >= 4 is 5.69 Å². The maximum absolute atomic E-state index is 13.7. The summed E-state index contributed by atoms with van der Waals surface area (Å²) >= 11 is 0. The molecular formula is C13H16F2N2. The fourth-order valence-corrected chi connectivity index (χ4v) is 1.80. The first kappa shape index (κ1) is 13.4. The van der Waals surface area contributed by atoms with E-state index in [0.717, 1.165) is 25.0 Å². The number of halogens is 2. The van der Waals surface area contributed by atoms with Gasteiger partial charge < -0.3 is 4.90 Å². The summed E-state index contributed by atoms with van der Waals surface area (Å²) in [5, 5.41) is 8.61. The number of hydrogen-bond acceptors (Lipinski definition) is 2. The molecule has 1 aromatic carbocycles. The first-order chi connectivity index (χ1) is 8.01. The van der Waals surface area contributed by atoms with Crippen LogP contribution in [0.4, 0.5) is 14.5 Å². The molecule has 0 aliphatic carbocycles. The maximum atomic E-state index is 13.7. The minimum atomic E-state index is -0.688. The van der Waals surface area contributed by atoms with Crippen LogP contribution in [0.3, 0.4) is 0 Å². The van der Waals surface area contributed by atoms with Gasteiger partial charge in [0.1, 0.15) is 5.69 Å². The Hall–Kier alpha value is -1.63. The van der Waals surface area contributed by atoms with Gasteiger partial charge in [-0.15, -0.1) is 0 Å². The zero-order valence-corrected chi connectivity index (χ0v) is 10.3. The molecule has 0 amide bonds. The van der Waals surface area contributed by atoms with Gasteiger partial charge in [-0.05, 0) is 25.5 Å². The molecule has 0 spiro atoms. The maximum Gasteiger partial charge on any atom is 0.150 e. The molecular weight excluding hydrogens is 222 g/mol. The molecule has 0 aliphatic rings.